The second-order valence-electron chi connectivity index (χ2n) is 5.53. The van der Waals surface area contributed by atoms with Crippen LogP contribution in [0.5, 0.6) is 0 Å². The first kappa shape index (κ1) is 17.9. The number of benzene rings is 1. The summed E-state index contributed by atoms with van der Waals surface area (Å²) in [6, 6.07) is 9.79. The van der Waals surface area contributed by atoms with Crippen molar-refractivity contribution in [2.75, 3.05) is 34.0 Å². The van der Waals surface area contributed by atoms with Crippen LogP contribution in [-0.4, -0.2) is 51.7 Å². The van der Waals surface area contributed by atoms with Crippen LogP contribution in [-0.2, 0) is 23.7 Å². The van der Waals surface area contributed by atoms with Crippen LogP contribution in [0.1, 0.15) is 19.4 Å². The number of hydrogen-bond acceptors (Lipinski definition) is 5. The van der Waals surface area contributed by atoms with Crippen molar-refractivity contribution < 1.29 is 23.7 Å². The lowest BCUT2D eigenvalue weighted by molar-refractivity contribution is -0.433. The zero-order valence-electron chi connectivity index (χ0n) is 14.1. The van der Waals surface area contributed by atoms with E-state index in [1.807, 2.05) is 30.3 Å². The predicted molar refractivity (Wildman–Crippen MR) is 85.8 cm³/mol. The van der Waals surface area contributed by atoms with E-state index in [-0.39, 0.29) is 6.10 Å². The number of methoxy groups -OCH3 is 2. The second-order valence-corrected chi connectivity index (χ2v) is 5.53. The van der Waals surface area contributed by atoms with Gasteiger partial charge in [0.15, 0.2) is 0 Å². The summed E-state index contributed by atoms with van der Waals surface area (Å²) >= 11 is 0. The third kappa shape index (κ3) is 4.31. The minimum atomic E-state index is -0.996. The molecule has 1 fully saturated rings. The molecule has 0 amide bonds. The van der Waals surface area contributed by atoms with Gasteiger partial charge in [-0.15, -0.1) is 0 Å². The molecule has 0 saturated carbocycles. The van der Waals surface area contributed by atoms with E-state index in [9.17, 15) is 0 Å². The first-order chi connectivity index (χ1) is 11.0. The smallest absolute Gasteiger partial charge is 0.220 e. The van der Waals surface area contributed by atoms with Crippen LogP contribution in [0.15, 0.2) is 30.3 Å². The van der Waals surface area contributed by atoms with Crippen molar-refractivity contribution in [1.29, 1.82) is 0 Å². The van der Waals surface area contributed by atoms with Crippen LogP contribution < -0.4 is 0 Å². The maximum absolute atomic E-state index is 5.95. The molecular formula is C18H24O5. The highest BCUT2D eigenvalue weighted by Crippen LogP contribution is 2.36. The quantitative estimate of drug-likeness (QED) is 0.615. The van der Waals surface area contributed by atoms with E-state index in [4.69, 9.17) is 23.7 Å². The Balaban J connectivity index is 1.80. The van der Waals surface area contributed by atoms with E-state index < -0.39 is 11.6 Å². The molecule has 1 heterocycles. The van der Waals surface area contributed by atoms with Gasteiger partial charge in [-0.3, -0.25) is 0 Å². The van der Waals surface area contributed by atoms with Gasteiger partial charge in [-0.25, -0.2) is 0 Å². The first-order valence-corrected chi connectivity index (χ1v) is 7.57. The zero-order valence-corrected chi connectivity index (χ0v) is 14.1. The van der Waals surface area contributed by atoms with Crippen LogP contribution in [0.25, 0.3) is 0 Å². The summed E-state index contributed by atoms with van der Waals surface area (Å²) in [7, 11) is 3.13. The van der Waals surface area contributed by atoms with Crippen LogP contribution >= 0.6 is 0 Å². The molecule has 0 aliphatic carbocycles. The van der Waals surface area contributed by atoms with Crippen molar-refractivity contribution in [3.63, 3.8) is 0 Å². The van der Waals surface area contributed by atoms with E-state index in [2.05, 4.69) is 11.8 Å². The fourth-order valence-electron chi connectivity index (χ4n) is 2.30. The highest BCUT2D eigenvalue weighted by Gasteiger charge is 2.53. The number of rotatable bonds is 5. The molecule has 5 heteroatoms. The Hall–Kier alpha value is -1.42. The molecule has 1 aromatic carbocycles. The average molecular weight is 320 g/mol. The Bertz CT molecular complexity index is 550. The Morgan fingerprint density at radius 1 is 1.13 bits per heavy atom. The summed E-state index contributed by atoms with van der Waals surface area (Å²) in [6.07, 6.45) is -0.235. The van der Waals surface area contributed by atoms with Crippen molar-refractivity contribution >= 4 is 0 Å². The number of ether oxygens (including phenoxy) is 5. The maximum Gasteiger partial charge on any atom is 0.220 e. The average Bonchev–Trinajstić information content (AvgIpc) is 2.58. The summed E-state index contributed by atoms with van der Waals surface area (Å²) in [5, 5.41) is 0. The Kier molecular flexibility index (Phi) is 6.17. The topological polar surface area (TPSA) is 46.2 Å². The van der Waals surface area contributed by atoms with Gasteiger partial charge in [0.05, 0.1) is 13.2 Å². The third-order valence-electron chi connectivity index (χ3n) is 4.02. The fraction of sp³-hybridized carbons (Fsp3) is 0.556. The maximum atomic E-state index is 5.95. The van der Waals surface area contributed by atoms with Crippen molar-refractivity contribution in [3.05, 3.63) is 35.9 Å². The summed E-state index contributed by atoms with van der Waals surface area (Å²) in [5.41, 5.74) is 0.969. The summed E-state index contributed by atoms with van der Waals surface area (Å²) in [5.74, 6) is 4.07. The molecule has 2 rings (SSSR count). The van der Waals surface area contributed by atoms with Crippen molar-refractivity contribution in [2.45, 2.75) is 31.5 Å². The Labute approximate surface area is 137 Å². The van der Waals surface area contributed by atoms with E-state index >= 15 is 0 Å². The van der Waals surface area contributed by atoms with Gasteiger partial charge in [-0.05, 0) is 26.0 Å². The molecule has 1 aliphatic rings. The Morgan fingerprint density at radius 3 is 2.48 bits per heavy atom. The third-order valence-corrected chi connectivity index (χ3v) is 4.02. The summed E-state index contributed by atoms with van der Waals surface area (Å²) < 4.78 is 28.1. The zero-order chi connectivity index (χ0) is 16.8. The number of hydrogen-bond donors (Lipinski definition) is 0. The minimum Gasteiger partial charge on any atom is -0.366 e. The molecule has 1 aromatic rings. The largest absolute Gasteiger partial charge is 0.366 e. The standard InChI is InChI=1S/C18H24O5/c1-17(19-3)18(2,20-4)23-16(14-22-17)13-21-12-8-11-15-9-6-5-7-10-15/h5-7,9-10,16H,12-14H2,1-4H3/t16-,17+,18+/m0/s1. The lowest BCUT2D eigenvalue weighted by atomic mass is 10.1. The normalized spacial score (nSPS) is 30.5. The van der Waals surface area contributed by atoms with Crippen LogP contribution in [0, 0.1) is 11.8 Å². The first-order valence-electron chi connectivity index (χ1n) is 7.57. The van der Waals surface area contributed by atoms with E-state index in [0.717, 1.165) is 5.56 Å². The van der Waals surface area contributed by atoms with Gasteiger partial charge in [0.1, 0.15) is 12.7 Å². The molecule has 0 bridgehead atoms. The van der Waals surface area contributed by atoms with E-state index in [1.54, 1.807) is 28.1 Å². The second kappa shape index (κ2) is 7.91. The van der Waals surface area contributed by atoms with Crippen molar-refractivity contribution in [1.82, 2.24) is 0 Å². The van der Waals surface area contributed by atoms with E-state index in [0.29, 0.717) is 19.8 Å². The molecular weight excluding hydrogens is 296 g/mol. The van der Waals surface area contributed by atoms with Gasteiger partial charge in [0.2, 0.25) is 11.6 Å². The lowest BCUT2D eigenvalue weighted by Gasteiger charge is -2.48. The van der Waals surface area contributed by atoms with Crippen molar-refractivity contribution in [3.8, 4) is 11.8 Å². The highest BCUT2D eigenvalue weighted by molar-refractivity contribution is 5.33. The van der Waals surface area contributed by atoms with Crippen LogP contribution in [0.3, 0.4) is 0 Å². The SMILES string of the molecule is CO[C@]1(C)OC[C@H](COCC#Cc2ccccc2)O[C@@]1(C)OC. The van der Waals surface area contributed by atoms with Gasteiger partial charge < -0.3 is 23.7 Å². The van der Waals surface area contributed by atoms with Gasteiger partial charge in [0.25, 0.3) is 0 Å². The van der Waals surface area contributed by atoms with Crippen molar-refractivity contribution in [2.24, 2.45) is 0 Å². The van der Waals surface area contributed by atoms with Crippen LogP contribution in [0.4, 0.5) is 0 Å². The molecule has 0 N–H and O–H groups in total. The van der Waals surface area contributed by atoms with Gasteiger partial charge in [-0.2, -0.15) is 0 Å². The predicted octanol–water partition coefficient (Wildman–Crippen LogP) is 2.20. The Morgan fingerprint density at radius 2 is 1.83 bits per heavy atom. The molecule has 0 unspecified atom stereocenters. The van der Waals surface area contributed by atoms with E-state index in [1.165, 1.54) is 0 Å². The monoisotopic (exact) mass is 320 g/mol. The molecule has 1 saturated heterocycles. The molecule has 5 nitrogen and oxygen atoms in total. The van der Waals surface area contributed by atoms with Crippen LogP contribution in [0.2, 0.25) is 0 Å². The molecule has 3 atom stereocenters. The molecule has 126 valence electrons. The fourth-order valence-corrected chi connectivity index (χ4v) is 2.30. The summed E-state index contributed by atoms with van der Waals surface area (Å²) in [4.78, 5) is 0. The molecule has 0 radical (unpaired) electrons. The van der Waals surface area contributed by atoms with Gasteiger partial charge in [-0.1, -0.05) is 30.0 Å². The molecule has 23 heavy (non-hydrogen) atoms. The molecule has 1 aliphatic heterocycles. The molecule has 0 spiro atoms. The molecule has 0 aromatic heterocycles. The summed E-state index contributed by atoms with van der Waals surface area (Å²) in [6.45, 7) is 4.66. The highest BCUT2D eigenvalue weighted by atomic mass is 16.8. The minimum absolute atomic E-state index is 0.235. The van der Waals surface area contributed by atoms with Gasteiger partial charge in [0, 0.05) is 19.8 Å². The lowest BCUT2D eigenvalue weighted by Crippen LogP contribution is -2.63. The van der Waals surface area contributed by atoms with Gasteiger partial charge >= 0.3 is 0 Å².